The van der Waals surface area contributed by atoms with Gasteiger partial charge in [-0.05, 0) is 25.7 Å². The molecule has 1 rings (SSSR count). The Hall–Kier alpha value is -0.570. The highest BCUT2D eigenvalue weighted by Gasteiger charge is 2.24. The Morgan fingerprint density at radius 2 is 2.20 bits per heavy atom. The van der Waals surface area contributed by atoms with Crippen LogP contribution in [0.5, 0.6) is 0 Å². The molecule has 0 fully saturated rings. The van der Waals surface area contributed by atoms with Gasteiger partial charge >= 0.3 is 0 Å². The van der Waals surface area contributed by atoms with Crippen LogP contribution in [0.15, 0.2) is 6.33 Å². The van der Waals surface area contributed by atoms with E-state index in [4.69, 9.17) is 11.6 Å². The fourth-order valence-electron chi connectivity index (χ4n) is 1.48. The summed E-state index contributed by atoms with van der Waals surface area (Å²) in [4.78, 5) is 4.31. The summed E-state index contributed by atoms with van der Waals surface area (Å²) in [5.41, 5.74) is 0.126. The first-order valence-electron chi connectivity index (χ1n) is 5.47. The Labute approximate surface area is 96.8 Å². The van der Waals surface area contributed by atoms with Crippen molar-refractivity contribution in [2.75, 3.05) is 5.88 Å². The van der Waals surface area contributed by atoms with Crippen molar-refractivity contribution in [3.05, 3.63) is 12.2 Å². The van der Waals surface area contributed by atoms with Crippen LogP contribution >= 0.6 is 11.6 Å². The van der Waals surface area contributed by atoms with Crippen LogP contribution in [0, 0.1) is 5.41 Å². The van der Waals surface area contributed by atoms with E-state index in [1.54, 1.807) is 6.33 Å². The van der Waals surface area contributed by atoms with Crippen LogP contribution in [0.2, 0.25) is 0 Å². The first kappa shape index (κ1) is 12.5. The molecule has 0 aromatic carbocycles. The van der Waals surface area contributed by atoms with Gasteiger partial charge in [0.25, 0.3) is 0 Å². The minimum atomic E-state index is 0.126. The molecule has 1 atom stereocenters. The van der Waals surface area contributed by atoms with Gasteiger partial charge in [0.1, 0.15) is 12.2 Å². The molecule has 1 aromatic heterocycles. The summed E-state index contributed by atoms with van der Waals surface area (Å²) >= 11 is 6.00. The third kappa shape index (κ3) is 2.94. The number of alkyl halides is 1. The molecule has 1 unspecified atom stereocenters. The Morgan fingerprint density at radius 1 is 1.53 bits per heavy atom. The van der Waals surface area contributed by atoms with E-state index in [2.05, 4.69) is 37.8 Å². The lowest BCUT2D eigenvalue weighted by Crippen LogP contribution is -2.23. The zero-order valence-electron chi connectivity index (χ0n) is 10.00. The van der Waals surface area contributed by atoms with Crippen molar-refractivity contribution in [3.8, 4) is 0 Å². The second kappa shape index (κ2) is 4.97. The predicted molar refractivity (Wildman–Crippen MR) is 63.2 cm³/mol. The molecule has 1 aromatic rings. The van der Waals surface area contributed by atoms with Crippen LogP contribution in [0.1, 0.15) is 46.0 Å². The molecule has 0 aliphatic rings. The molecule has 15 heavy (non-hydrogen) atoms. The van der Waals surface area contributed by atoms with Crippen molar-refractivity contribution < 1.29 is 0 Å². The molecule has 0 N–H and O–H groups in total. The summed E-state index contributed by atoms with van der Waals surface area (Å²) < 4.78 is 1.97. The second-order valence-corrected chi connectivity index (χ2v) is 4.96. The van der Waals surface area contributed by atoms with Crippen LogP contribution in [0.25, 0.3) is 0 Å². The minimum absolute atomic E-state index is 0.126. The number of rotatable bonds is 5. The number of hydrogen-bond donors (Lipinski definition) is 0. The van der Waals surface area contributed by atoms with Gasteiger partial charge in [-0.2, -0.15) is 5.10 Å². The highest BCUT2D eigenvalue weighted by molar-refractivity contribution is 6.18. The molecule has 3 nitrogen and oxygen atoms in total. The van der Waals surface area contributed by atoms with Crippen molar-refractivity contribution in [2.45, 2.75) is 46.6 Å². The van der Waals surface area contributed by atoms with Crippen LogP contribution in [0.4, 0.5) is 0 Å². The Morgan fingerprint density at radius 3 is 2.67 bits per heavy atom. The van der Waals surface area contributed by atoms with E-state index < -0.39 is 0 Å². The first-order valence-corrected chi connectivity index (χ1v) is 6.00. The van der Waals surface area contributed by atoms with Gasteiger partial charge < -0.3 is 0 Å². The summed E-state index contributed by atoms with van der Waals surface area (Å²) in [6.45, 7) is 8.59. The molecular weight excluding hydrogens is 210 g/mol. The third-order valence-corrected chi connectivity index (χ3v) is 3.54. The maximum Gasteiger partial charge on any atom is 0.138 e. The fraction of sp³-hybridized carbons (Fsp3) is 0.818. The summed E-state index contributed by atoms with van der Waals surface area (Å²) in [6, 6.07) is 0.360. The van der Waals surface area contributed by atoms with E-state index >= 15 is 0 Å². The molecule has 4 heteroatoms. The molecule has 0 spiro atoms. The van der Waals surface area contributed by atoms with Crippen LogP contribution < -0.4 is 0 Å². The van der Waals surface area contributed by atoms with Crippen molar-refractivity contribution in [1.29, 1.82) is 0 Å². The number of hydrogen-bond acceptors (Lipinski definition) is 2. The SMILES string of the molecule is CCC(C)(CCl)Cc1ncnn1C(C)C. The average Bonchev–Trinajstić information content (AvgIpc) is 2.65. The van der Waals surface area contributed by atoms with Crippen molar-refractivity contribution in [3.63, 3.8) is 0 Å². The Kier molecular flexibility index (Phi) is 4.14. The molecular formula is C11H20ClN3. The van der Waals surface area contributed by atoms with E-state index in [9.17, 15) is 0 Å². The predicted octanol–water partition coefficient (Wildman–Crippen LogP) is 3.06. The molecule has 0 saturated carbocycles. The van der Waals surface area contributed by atoms with Gasteiger partial charge in [-0.1, -0.05) is 13.8 Å². The average molecular weight is 230 g/mol. The highest BCUT2D eigenvalue weighted by atomic mass is 35.5. The maximum atomic E-state index is 6.00. The van der Waals surface area contributed by atoms with Gasteiger partial charge in [-0.25, -0.2) is 9.67 Å². The Bertz CT molecular complexity index is 303. The summed E-state index contributed by atoms with van der Waals surface area (Å²) in [7, 11) is 0. The Balaban J connectivity index is 2.84. The zero-order chi connectivity index (χ0) is 11.5. The number of aromatic nitrogens is 3. The lowest BCUT2D eigenvalue weighted by Gasteiger charge is -2.25. The van der Waals surface area contributed by atoms with Gasteiger partial charge in [-0.15, -0.1) is 11.6 Å². The fourth-order valence-corrected chi connectivity index (χ4v) is 1.76. The molecule has 0 aliphatic heterocycles. The van der Waals surface area contributed by atoms with Gasteiger partial charge in [-0.3, -0.25) is 0 Å². The van der Waals surface area contributed by atoms with E-state index in [-0.39, 0.29) is 5.41 Å². The summed E-state index contributed by atoms with van der Waals surface area (Å²) in [5.74, 6) is 1.70. The number of halogens is 1. The van der Waals surface area contributed by atoms with E-state index in [1.165, 1.54) is 0 Å². The lowest BCUT2D eigenvalue weighted by atomic mass is 9.86. The molecule has 0 aliphatic carbocycles. The van der Waals surface area contributed by atoms with Gasteiger partial charge in [0, 0.05) is 18.3 Å². The summed E-state index contributed by atoms with van der Waals surface area (Å²) in [6.07, 6.45) is 3.58. The third-order valence-electron chi connectivity index (χ3n) is 2.90. The molecule has 0 saturated heterocycles. The molecule has 0 radical (unpaired) electrons. The number of nitrogens with zero attached hydrogens (tertiary/aromatic N) is 3. The minimum Gasteiger partial charge on any atom is -0.248 e. The zero-order valence-corrected chi connectivity index (χ0v) is 10.8. The molecule has 0 amide bonds. The largest absolute Gasteiger partial charge is 0.248 e. The van der Waals surface area contributed by atoms with Gasteiger partial charge in [0.05, 0.1) is 0 Å². The first-order chi connectivity index (χ1) is 7.02. The quantitative estimate of drug-likeness (QED) is 0.727. The van der Waals surface area contributed by atoms with Crippen molar-refractivity contribution in [1.82, 2.24) is 14.8 Å². The van der Waals surface area contributed by atoms with Crippen LogP contribution in [-0.2, 0) is 6.42 Å². The van der Waals surface area contributed by atoms with Gasteiger partial charge in [0.2, 0.25) is 0 Å². The standard InChI is InChI=1S/C11H20ClN3/c1-5-11(4,7-12)6-10-13-8-14-15(10)9(2)3/h8-9H,5-7H2,1-4H3. The smallest absolute Gasteiger partial charge is 0.138 e. The topological polar surface area (TPSA) is 30.7 Å². The van der Waals surface area contributed by atoms with E-state index in [0.29, 0.717) is 11.9 Å². The van der Waals surface area contributed by atoms with Gasteiger partial charge in [0.15, 0.2) is 0 Å². The van der Waals surface area contributed by atoms with Crippen LogP contribution in [-0.4, -0.2) is 20.6 Å². The molecule has 86 valence electrons. The molecule has 0 bridgehead atoms. The van der Waals surface area contributed by atoms with E-state index in [1.807, 2.05) is 4.68 Å². The molecule has 1 heterocycles. The summed E-state index contributed by atoms with van der Waals surface area (Å²) in [5, 5.41) is 4.23. The van der Waals surface area contributed by atoms with E-state index in [0.717, 1.165) is 18.7 Å². The van der Waals surface area contributed by atoms with Crippen LogP contribution in [0.3, 0.4) is 0 Å². The van der Waals surface area contributed by atoms with Crippen molar-refractivity contribution >= 4 is 11.6 Å². The lowest BCUT2D eigenvalue weighted by molar-refractivity contribution is 0.333. The second-order valence-electron chi connectivity index (χ2n) is 4.69. The maximum absolute atomic E-state index is 6.00. The normalized spacial score (nSPS) is 15.6. The monoisotopic (exact) mass is 229 g/mol. The highest BCUT2D eigenvalue weighted by Crippen LogP contribution is 2.27. The van der Waals surface area contributed by atoms with Crippen molar-refractivity contribution in [2.24, 2.45) is 5.41 Å².